The average molecular weight is 344 g/mol. The maximum absolute atomic E-state index is 12.1. The molecule has 3 heterocycles. The lowest BCUT2D eigenvalue weighted by molar-refractivity contribution is -0.121. The summed E-state index contributed by atoms with van der Waals surface area (Å²) in [4.78, 5) is 28.2. The third kappa shape index (κ3) is 3.18. The SMILES string of the molecule is O=C(Cn1c(=O)oc2ccccc21)NCc1noc([C@H]2CCCO2)n1. The van der Waals surface area contributed by atoms with Crippen LogP contribution in [0.2, 0.25) is 0 Å². The lowest BCUT2D eigenvalue weighted by atomic mass is 10.2. The number of nitrogens with one attached hydrogen (secondary N) is 1. The first-order valence-corrected chi connectivity index (χ1v) is 8.00. The normalized spacial score (nSPS) is 17.2. The summed E-state index contributed by atoms with van der Waals surface area (Å²) in [5.41, 5.74) is 1.02. The van der Waals surface area contributed by atoms with Gasteiger partial charge in [-0.2, -0.15) is 4.98 Å². The highest BCUT2D eigenvalue weighted by Crippen LogP contribution is 2.26. The molecule has 0 radical (unpaired) electrons. The average Bonchev–Trinajstić information content (AvgIpc) is 3.33. The predicted octanol–water partition coefficient (Wildman–Crippen LogP) is 1.15. The summed E-state index contributed by atoms with van der Waals surface area (Å²) < 4.78 is 17.0. The van der Waals surface area contributed by atoms with Gasteiger partial charge in [0.1, 0.15) is 12.6 Å². The number of hydrogen-bond acceptors (Lipinski definition) is 7. The number of rotatable bonds is 5. The molecule has 0 saturated carbocycles. The molecule has 130 valence electrons. The maximum atomic E-state index is 12.1. The number of carbonyl (C=O) groups is 1. The Morgan fingerprint density at radius 3 is 3.08 bits per heavy atom. The van der Waals surface area contributed by atoms with E-state index in [0.717, 1.165) is 12.8 Å². The fourth-order valence-corrected chi connectivity index (χ4v) is 2.78. The Morgan fingerprint density at radius 2 is 2.24 bits per heavy atom. The number of nitrogens with zero attached hydrogens (tertiary/aromatic N) is 3. The van der Waals surface area contributed by atoms with Crippen molar-refractivity contribution in [2.45, 2.75) is 32.0 Å². The van der Waals surface area contributed by atoms with Gasteiger partial charge in [-0.15, -0.1) is 0 Å². The molecule has 2 aromatic heterocycles. The van der Waals surface area contributed by atoms with Crippen LogP contribution in [-0.4, -0.2) is 27.2 Å². The van der Waals surface area contributed by atoms with E-state index in [2.05, 4.69) is 15.5 Å². The van der Waals surface area contributed by atoms with Crippen molar-refractivity contribution in [3.8, 4) is 0 Å². The molecule has 9 heteroatoms. The lowest BCUT2D eigenvalue weighted by Gasteiger charge is -2.03. The van der Waals surface area contributed by atoms with Gasteiger partial charge in [0.15, 0.2) is 11.4 Å². The summed E-state index contributed by atoms with van der Waals surface area (Å²) >= 11 is 0. The van der Waals surface area contributed by atoms with E-state index in [1.54, 1.807) is 24.3 Å². The molecule has 1 atom stereocenters. The molecule has 1 aliphatic rings. The van der Waals surface area contributed by atoms with Gasteiger partial charge in [0, 0.05) is 6.61 Å². The highest BCUT2D eigenvalue weighted by atomic mass is 16.5. The minimum absolute atomic E-state index is 0.111. The van der Waals surface area contributed by atoms with Crippen LogP contribution in [0.15, 0.2) is 38.0 Å². The molecular formula is C16H16N4O5. The van der Waals surface area contributed by atoms with Crippen LogP contribution >= 0.6 is 0 Å². The monoisotopic (exact) mass is 344 g/mol. The van der Waals surface area contributed by atoms with E-state index in [0.29, 0.717) is 29.4 Å². The van der Waals surface area contributed by atoms with Gasteiger partial charge in [-0.1, -0.05) is 17.3 Å². The van der Waals surface area contributed by atoms with Crippen LogP contribution in [0.1, 0.15) is 30.7 Å². The molecule has 1 amide bonds. The number of aromatic nitrogens is 3. The maximum Gasteiger partial charge on any atom is 0.420 e. The Labute approximate surface area is 141 Å². The van der Waals surface area contributed by atoms with E-state index in [4.69, 9.17) is 13.7 Å². The van der Waals surface area contributed by atoms with Crippen molar-refractivity contribution in [2.75, 3.05) is 6.61 Å². The van der Waals surface area contributed by atoms with E-state index < -0.39 is 5.76 Å². The molecule has 0 aliphatic carbocycles. The largest absolute Gasteiger partial charge is 0.420 e. The number of oxazole rings is 1. The van der Waals surface area contributed by atoms with Gasteiger partial charge >= 0.3 is 5.76 Å². The molecule has 1 fully saturated rings. The van der Waals surface area contributed by atoms with Crippen molar-refractivity contribution in [1.29, 1.82) is 0 Å². The van der Waals surface area contributed by atoms with Gasteiger partial charge in [-0.3, -0.25) is 9.36 Å². The molecule has 3 aromatic rings. The Morgan fingerprint density at radius 1 is 1.36 bits per heavy atom. The first-order chi connectivity index (χ1) is 12.2. The molecule has 25 heavy (non-hydrogen) atoms. The highest BCUT2D eigenvalue weighted by molar-refractivity contribution is 5.79. The minimum atomic E-state index is -0.573. The van der Waals surface area contributed by atoms with Crippen molar-refractivity contribution in [1.82, 2.24) is 20.0 Å². The van der Waals surface area contributed by atoms with Crippen LogP contribution in [0, 0.1) is 0 Å². The molecule has 1 aromatic carbocycles. The van der Waals surface area contributed by atoms with Crippen LogP contribution in [0.3, 0.4) is 0 Å². The zero-order valence-corrected chi connectivity index (χ0v) is 13.3. The summed E-state index contributed by atoms with van der Waals surface area (Å²) in [6, 6.07) is 6.94. The van der Waals surface area contributed by atoms with E-state index >= 15 is 0 Å². The lowest BCUT2D eigenvalue weighted by Crippen LogP contribution is -2.30. The number of para-hydroxylation sites is 2. The van der Waals surface area contributed by atoms with Crippen LogP contribution in [0.25, 0.3) is 11.1 Å². The van der Waals surface area contributed by atoms with Gasteiger partial charge in [0.2, 0.25) is 5.91 Å². The van der Waals surface area contributed by atoms with Gasteiger partial charge in [0.25, 0.3) is 5.89 Å². The van der Waals surface area contributed by atoms with E-state index in [1.165, 1.54) is 4.57 Å². The van der Waals surface area contributed by atoms with Crippen molar-refractivity contribution >= 4 is 17.0 Å². The molecule has 0 unspecified atom stereocenters. The molecule has 1 N–H and O–H groups in total. The zero-order chi connectivity index (χ0) is 17.2. The molecule has 9 nitrogen and oxygen atoms in total. The Balaban J connectivity index is 1.39. The molecule has 0 spiro atoms. The van der Waals surface area contributed by atoms with Crippen LogP contribution in [-0.2, 0) is 22.6 Å². The smallest absolute Gasteiger partial charge is 0.408 e. The van der Waals surface area contributed by atoms with Crippen molar-refractivity contribution in [3.63, 3.8) is 0 Å². The molecule has 1 saturated heterocycles. The number of ether oxygens (including phenoxy) is 1. The molecule has 4 rings (SSSR count). The van der Waals surface area contributed by atoms with E-state index in [1.807, 2.05) is 0 Å². The van der Waals surface area contributed by atoms with Crippen LogP contribution in [0.5, 0.6) is 0 Å². The topological polar surface area (TPSA) is 112 Å². The van der Waals surface area contributed by atoms with Gasteiger partial charge in [-0.25, -0.2) is 4.79 Å². The summed E-state index contributed by atoms with van der Waals surface area (Å²) in [6.45, 7) is 0.651. The second-order valence-corrected chi connectivity index (χ2v) is 5.75. The number of benzene rings is 1. The minimum Gasteiger partial charge on any atom is -0.408 e. The van der Waals surface area contributed by atoms with Crippen LogP contribution < -0.4 is 11.1 Å². The third-order valence-electron chi connectivity index (χ3n) is 4.01. The number of carbonyl (C=O) groups excluding carboxylic acids is 1. The predicted molar refractivity (Wildman–Crippen MR) is 84.5 cm³/mol. The van der Waals surface area contributed by atoms with Crippen molar-refractivity contribution < 1.29 is 18.5 Å². The zero-order valence-electron chi connectivity index (χ0n) is 13.3. The molecular weight excluding hydrogens is 328 g/mol. The highest BCUT2D eigenvalue weighted by Gasteiger charge is 2.24. The second-order valence-electron chi connectivity index (χ2n) is 5.75. The van der Waals surface area contributed by atoms with Crippen molar-refractivity contribution in [3.05, 3.63) is 46.5 Å². The summed E-state index contributed by atoms with van der Waals surface area (Å²) in [7, 11) is 0. The summed E-state index contributed by atoms with van der Waals surface area (Å²) in [5.74, 6) is -0.129. The summed E-state index contributed by atoms with van der Waals surface area (Å²) in [5, 5.41) is 6.50. The Hall–Kier alpha value is -2.94. The summed E-state index contributed by atoms with van der Waals surface area (Å²) in [6.07, 6.45) is 1.66. The van der Waals surface area contributed by atoms with Gasteiger partial charge in [0.05, 0.1) is 12.1 Å². The second kappa shape index (κ2) is 6.52. The quantitative estimate of drug-likeness (QED) is 0.738. The number of fused-ring (bicyclic) bond motifs is 1. The third-order valence-corrected chi connectivity index (χ3v) is 4.01. The Kier molecular flexibility index (Phi) is 4.06. The van der Waals surface area contributed by atoms with Gasteiger partial charge < -0.3 is 19.0 Å². The standard InChI is InChI=1S/C16H16N4O5/c21-14(9-20-10-4-1-2-5-11(10)24-16(20)22)17-8-13-18-15(25-19-13)12-6-3-7-23-12/h1-2,4-5,12H,3,6-9H2,(H,17,21)/t12-/m1/s1. The molecule has 0 bridgehead atoms. The van der Waals surface area contributed by atoms with Crippen molar-refractivity contribution in [2.24, 2.45) is 0 Å². The van der Waals surface area contributed by atoms with Crippen LogP contribution in [0.4, 0.5) is 0 Å². The fourth-order valence-electron chi connectivity index (χ4n) is 2.78. The first kappa shape index (κ1) is 15.6. The van der Waals surface area contributed by atoms with E-state index in [9.17, 15) is 9.59 Å². The number of amides is 1. The fraction of sp³-hybridized carbons (Fsp3) is 0.375. The molecule has 1 aliphatic heterocycles. The Bertz CT molecular complexity index is 951. The number of hydrogen-bond donors (Lipinski definition) is 1. The van der Waals surface area contributed by atoms with E-state index in [-0.39, 0.29) is 25.1 Å². The van der Waals surface area contributed by atoms with Gasteiger partial charge in [-0.05, 0) is 25.0 Å². The first-order valence-electron chi connectivity index (χ1n) is 8.00.